The van der Waals surface area contributed by atoms with Crippen LogP contribution in [0.1, 0.15) is 16.0 Å². The van der Waals surface area contributed by atoms with Gasteiger partial charge in [-0.05, 0) is 68.3 Å². The van der Waals surface area contributed by atoms with Crippen molar-refractivity contribution in [2.45, 2.75) is 13.1 Å². The zero-order chi connectivity index (χ0) is 20.1. The summed E-state index contributed by atoms with van der Waals surface area (Å²) in [7, 11) is 4.14. The Morgan fingerprint density at radius 1 is 1.21 bits per heavy atom. The van der Waals surface area contributed by atoms with Crippen molar-refractivity contribution in [1.29, 1.82) is 0 Å². The number of hydrogen-bond acceptors (Lipinski definition) is 6. The Labute approximate surface area is 170 Å². The van der Waals surface area contributed by atoms with Crippen LogP contribution in [0.4, 0.5) is 17.2 Å². The highest BCUT2D eigenvalue weighted by Gasteiger charge is 2.09. The van der Waals surface area contributed by atoms with E-state index < -0.39 is 0 Å². The van der Waals surface area contributed by atoms with Crippen LogP contribution in [0.2, 0.25) is 0 Å². The summed E-state index contributed by atoms with van der Waals surface area (Å²) >= 11 is 1.75. The van der Waals surface area contributed by atoms with Gasteiger partial charge in [-0.2, -0.15) is 0 Å². The summed E-state index contributed by atoms with van der Waals surface area (Å²) in [5.74, 6) is 0.686. The lowest BCUT2D eigenvalue weighted by molar-refractivity contribution is 0.406. The first-order chi connectivity index (χ1) is 13.5. The molecule has 0 amide bonds. The minimum atomic E-state index is 0.606. The number of nitrogens with one attached hydrogen (secondary N) is 1. The van der Waals surface area contributed by atoms with Crippen molar-refractivity contribution in [3.05, 3.63) is 65.0 Å². The molecule has 0 radical (unpaired) electrons. The van der Waals surface area contributed by atoms with Crippen molar-refractivity contribution in [3.63, 3.8) is 0 Å². The lowest BCUT2D eigenvalue weighted by Crippen LogP contribution is -2.09. The monoisotopic (exact) mass is 391 g/mol. The zero-order valence-corrected chi connectivity index (χ0v) is 17.1. The van der Waals surface area contributed by atoms with E-state index in [4.69, 9.17) is 10.7 Å². The van der Waals surface area contributed by atoms with Crippen molar-refractivity contribution in [1.82, 2.24) is 9.88 Å². The second-order valence-electron chi connectivity index (χ2n) is 6.75. The number of rotatable bonds is 8. The van der Waals surface area contributed by atoms with Crippen LogP contribution in [-0.2, 0) is 13.1 Å². The average Bonchev–Trinajstić information content (AvgIpc) is 3.14. The van der Waals surface area contributed by atoms with E-state index in [0.29, 0.717) is 18.1 Å². The van der Waals surface area contributed by atoms with E-state index in [1.807, 2.05) is 30.3 Å². The number of anilines is 2. The first kappa shape index (κ1) is 19.8. The molecule has 3 rings (SSSR count). The predicted octanol–water partition coefficient (Wildman–Crippen LogP) is 5.04. The number of nitrogen functional groups attached to an aromatic ring is 1. The number of hydrogen-bond donors (Lipinski definition) is 2. The Morgan fingerprint density at radius 2 is 2.04 bits per heavy atom. The number of aromatic nitrogens is 1. The molecule has 0 atom stereocenters. The summed E-state index contributed by atoms with van der Waals surface area (Å²) in [6.45, 7) is 8.95. The largest absolute Gasteiger partial charge is 0.396 e. The summed E-state index contributed by atoms with van der Waals surface area (Å²) < 4.78 is 0. The van der Waals surface area contributed by atoms with Gasteiger partial charge in [-0.1, -0.05) is 18.7 Å². The van der Waals surface area contributed by atoms with Crippen LogP contribution in [0.5, 0.6) is 0 Å². The molecule has 0 aliphatic rings. The van der Waals surface area contributed by atoms with Crippen LogP contribution >= 0.6 is 11.3 Å². The van der Waals surface area contributed by atoms with Crippen LogP contribution in [0.3, 0.4) is 0 Å². The predicted molar refractivity (Wildman–Crippen MR) is 122 cm³/mol. The molecule has 28 heavy (non-hydrogen) atoms. The molecule has 1 aromatic carbocycles. The maximum absolute atomic E-state index is 6.14. The molecule has 0 bridgehead atoms. The number of nitrogens with zero attached hydrogens (tertiary/aromatic N) is 3. The minimum Gasteiger partial charge on any atom is -0.396 e. The van der Waals surface area contributed by atoms with Gasteiger partial charge in [0.1, 0.15) is 5.82 Å². The molecule has 0 aliphatic carbocycles. The molecule has 2 heterocycles. The fraction of sp³-hybridized carbons (Fsp3) is 0.182. The van der Waals surface area contributed by atoms with E-state index in [0.717, 1.165) is 33.9 Å². The smallest absolute Gasteiger partial charge is 0.150 e. The Bertz CT molecular complexity index is 990. The number of thiophene rings is 1. The van der Waals surface area contributed by atoms with Crippen molar-refractivity contribution in [2.75, 3.05) is 25.1 Å². The van der Waals surface area contributed by atoms with Crippen molar-refractivity contribution >= 4 is 41.3 Å². The molecular formula is C22H25N5S. The highest BCUT2D eigenvalue weighted by atomic mass is 32.1. The molecule has 0 saturated heterocycles. The fourth-order valence-electron chi connectivity index (χ4n) is 2.87. The van der Waals surface area contributed by atoms with E-state index in [1.54, 1.807) is 17.4 Å². The maximum atomic E-state index is 6.14. The van der Waals surface area contributed by atoms with E-state index in [-0.39, 0.29) is 0 Å². The van der Waals surface area contributed by atoms with Gasteiger partial charge >= 0.3 is 0 Å². The topological polar surface area (TPSA) is 66.5 Å². The standard InChI is InChI=1S/C22H25N5S/c1-5-16-12-15(6-9-19(16)24-2)13-25-22-18(23)8-10-20(26-22)21-11-7-17(28-21)14-27(3)4/h5-12H,1-2,13-14,23H2,3-4H3,(H,25,26). The summed E-state index contributed by atoms with van der Waals surface area (Å²) in [5, 5.41) is 3.35. The molecule has 0 saturated carbocycles. The molecule has 0 aliphatic heterocycles. The lowest BCUT2D eigenvalue weighted by atomic mass is 10.1. The first-order valence-corrected chi connectivity index (χ1v) is 9.78. The lowest BCUT2D eigenvalue weighted by Gasteiger charge is -2.11. The van der Waals surface area contributed by atoms with Gasteiger partial charge in [0, 0.05) is 18.0 Å². The molecule has 0 spiro atoms. The van der Waals surface area contributed by atoms with Crippen molar-refractivity contribution in [2.24, 2.45) is 4.99 Å². The Morgan fingerprint density at radius 3 is 2.75 bits per heavy atom. The average molecular weight is 392 g/mol. The van der Waals surface area contributed by atoms with Crippen LogP contribution in [0.15, 0.2) is 54.0 Å². The molecule has 2 aromatic heterocycles. The molecule has 0 unspecified atom stereocenters. The minimum absolute atomic E-state index is 0.606. The van der Waals surface area contributed by atoms with Crippen LogP contribution in [-0.4, -0.2) is 30.7 Å². The summed E-state index contributed by atoms with van der Waals surface area (Å²) in [6, 6.07) is 14.1. The van der Waals surface area contributed by atoms with Gasteiger partial charge in [-0.15, -0.1) is 11.3 Å². The van der Waals surface area contributed by atoms with Gasteiger partial charge in [-0.3, -0.25) is 4.99 Å². The molecule has 3 aromatic rings. The van der Waals surface area contributed by atoms with E-state index in [9.17, 15) is 0 Å². The first-order valence-electron chi connectivity index (χ1n) is 8.96. The maximum Gasteiger partial charge on any atom is 0.150 e. The van der Waals surface area contributed by atoms with Gasteiger partial charge in [0.2, 0.25) is 0 Å². The quantitative estimate of drug-likeness (QED) is 0.528. The Hall–Kier alpha value is -2.96. The fourth-order valence-corrected chi connectivity index (χ4v) is 3.96. The molecular weight excluding hydrogens is 366 g/mol. The third kappa shape index (κ3) is 4.65. The Kier molecular flexibility index (Phi) is 6.23. The Balaban J connectivity index is 1.78. The highest BCUT2D eigenvalue weighted by Crippen LogP contribution is 2.30. The van der Waals surface area contributed by atoms with Crippen LogP contribution in [0.25, 0.3) is 16.6 Å². The van der Waals surface area contributed by atoms with E-state index >= 15 is 0 Å². The van der Waals surface area contributed by atoms with Gasteiger partial charge in [0.25, 0.3) is 0 Å². The number of benzene rings is 1. The van der Waals surface area contributed by atoms with Gasteiger partial charge < -0.3 is 16.0 Å². The summed E-state index contributed by atoms with van der Waals surface area (Å²) in [4.78, 5) is 13.3. The van der Waals surface area contributed by atoms with Crippen molar-refractivity contribution in [3.8, 4) is 10.6 Å². The van der Waals surface area contributed by atoms with E-state index in [2.05, 4.69) is 54.7 Å². The van der Waals surface area contributed by atoms with E-state index in [1.165, 1.54) is 4.88 Å². The number of pyridine rings is 1. The van der Waals surface area contributed by atoms with Gasteiger partial charge in [-0.25, -0.2) is 4.98 Å². The number of nitrogens with two attached hydrogens (primary N) is 1. The van der Waals surface area contributed by atoms with Crippen LogP contribution in [0, 0.1) is 0 Å². The SMILES string of the molecule is C=Cc1cc(CNc2nc(-c3ccc(CN(C)C)s3)ccc2N)ccc1N=C. The van der Waals surface area contributed by atoms with Crippen LogP contribution < -0.4 is 11.1 Å². The van der Waals surface area contributed by atoms with Gasteiger partial charge in [0.15, 0.2) is 0 Å². The molecule has 0 fully saturated rings. The summed E-state index contributed by atoms with van der Waals surface area (Å²) in [5.41, 5.74) is 10.6. The zero-order valence-electron chi connectivity index (χ0n) is 16.3. The molecule has 3 N–H and O–H groups in total. The molecule has 144 valence electrons. The number of aliphatic imine (C=N–C) groups is 1. The third-order valence-corrected chi connectivity index (χ3v) is 5.35. The summed E-state index contributed by atoms with van der Waals surface area (Å²) in [6.07, 6.45) is 1.78. The van der Waals surface area contributed by atoms with Crippen molar-refractivity contribution < 1.29 is 0 Å². The highest BCUT2D eigenvalue weighted by molar-refractivity contribution is 7.15. The normalized spacial score (nSPS) is 10.8. The second-order valence-corrected chi connectivity index (χ2v) is 7.92. The third-order valence-electron chi connectivity index (χ3n) is 4.25. The second kappa shape index (κ2) is 8.82. The molecule has 6 heteroatoms. The van der Waals surface area contributed by atoms with Gasteiger partial charge in [0.05, 0.1) is 21.9 Å². The molecule has 5 nitrogen and oxygen atoms in total.